The first-order valence-corrected chi connectivity index (χ1v) is 11.3. The summed E-state index contributed by atoms with van der Waals surface area (Å²) in [5.41, 5.74) is -0.712. The SMILES string of the molecule is COc1ccccc1CCn1c(=O)n(C(C)(C)C(C)=O)c(=O)c2c(C)c(-c3ncco3)sc21. The number of aryl methyl sites for hydroxylation is 3. The minimum absolute atomic E-state index is 0.280. The average Bonchev–Trinajstić information content (AvgIpc) is 3.41. The van der Waals surface area contributed by atoms with E-state index in [1.54, 1.807) is 32.4 Å². The Hall–Kier alpha value is -3.46. The first-order valence-electron chi connectivity index (χ1n) is 10.5. The van der Waals surface area contributed by atoms with Gasteiger partial charge < -0.3 is 9.15 Å². The smallest absolute Gasteiger partial charge is 0.332 e. The molecule has 0 amide bonds. The van der Waals surface area contributed by atoms with Crippen molar-refractivity contribution in [3.63, 3.8) is 0 Å². The largest absolute Gasteiger partial charge is 0.496 e. The number of hydrogen-bond donors (Lipinski definition) is 0. The number of thiophene rings is 1. The zero-order valence-electron chi connectivity index (χ0n) is 19.2. The Labute approximate surface area is 194 Å². The quantitative estimate of drug-likeness (QED) is 0.411. The van der Waals surface area contributed by atoms with Crippen molar-refractivity contribution in [2.45, 2.75) is 46.2 Å². The Morgan fingerprint density at radius 2 is 1.97 bits per heavy atom. The molecule has 0 saturated carbocycles. The van der Waals surface area contributed by atoms with Crippen LogP contribution in [-0.2, 0) is 23.3 Å². The lowest BCUT2D eigenvalue weighted by Gasteiger charge is -2.25. The molecule has 33 heavy (non-hydrogen) atoms. The lowest BCUT2D eigenvalue weighted by Crippen LogP contribution is -2.52. The molecule has 4 aromatic rings. The number of carbonyl (C=O) groups is 1. The molecule has 0 aliphatic carbocycles. The number of para-hydroxylation sites is 1. The van der Waals surface area contributed by atoms with Crippen LogP contribution in [0.2, 0.25) is 0 Å². The van der Waals surface area contributed by atoms with E-state index in [1.165, 1.54) is 30.7 Å². The van der Waals surface area contributed by atoms with Crippen LogP contribution in [-0.4, -0.2) is 27.0 Å². The number of rotatable bonds is 7. The Kier molecular flexibility index (Phi) is 5.84. The van der Waals surface area contributed by atoms with Crippen LogP contribution in [0.25, 0.3) is 21.0 Å². The molecular formula is C24H25N3O5S. The molecular weight excluding hydrogens is 442 g/mol. The van der Waals surface area contributed by atoms with Gasteiger partial charge in [-0.25, -0.2) is 14.3 Å². The fraction of sp³-hybridized carbons (Fsp3) is 0.333. The van der Waals surface area contributed by atoms with E-state index in [9.17, 15) is 14.4 Å². The zero-order valence-corrected chi connectivity index (χ0v) is 20.0. The van der Waals surface area contributed by atoms with Crippen molar-refractivity contribution < 1.29 is 13.9 Å². The summed E-state index contributed by atoms with van der Waals surface area (Å²) >= 11 is 1.29. The highest BCUT2D eigenvalue weighted by molar-refractivity contribution is 7.22. The van der Waals surface area contributed by atoms with Gasteiger partial charge in [-0.3, -0.25) is 14.2 Å². The van der Waals surface area contributed by atoms with E-state index in [4.69, 9.17) is 9.15 Å². The summed E-state index contributed by atoms with van der Waals surface area (Å²) in [6, 6.07) is 7.59. The van der Waals surface area contributed by atoms with Gasteiger partial charge in [0.25, 0.3) is 5.56 Å². The first kappa shape index (κ1) is 22.7. The fourth-order valence-corrected chi connectivity index (χ4v) is 5.13. The van der Waals surface area contributed by atoms with E-state index >= 15 is 0 Å². The Morgan fingerprint density at radius 1 is 1.24 bits per heavy atom. The maximum atomic E-state index is 13.6. The maximum Gasteiger partial charge on any atom is 0.332 e. The Morgan fingerprint density at radius 3 is 2.61 bits per heavy atom. The minimum atomic E-state index is -1.30. The summed E-state index contributed by atoms with van der Waals surface area (Å²) in [4.78, 5) is 45.0. The molecule has 172 valence electrons. The first-order chi connectivity index (χ1) is 15.7. The normalized spacial score (nSPS) is 11.8. The fourth-order valence-electron chi connectivity index (χ4n) is 3.88. The van der Waals surface area contributed by atoms with Gasteiger partial charge in [-0.1, -0.05) is 18.2 Å². The molecule has 0 atom stereocenters. The van der Waals surface area contributed by atoms with E-state index in [0.29, 0.717) is 39.5 Å². The lowest BCUT2D eigenvalue weighted by atomic mass is 10.00. The van der Waals surface area contributed by atoms with Crippen molar-refractivity contribution in [3.8, 4) is 16.5 Å². The number of methoxy groups -OCH3 is 1. The summed E-state index contributed by atoms with van der Waals surface area (Å²) in [5, 5.41) is 0.391. The molecule has 3 heterocycles. The molecule has 0 saturated heterocycles. The number of aromatic nitrogens is 3. The van der Waals surface area contributed by atoms with Gasteiger partial charge in [-0.05, 0) is 51.3 Å². The molecule has 8 nitrogen and oxygen atoms in total. The molecule has 0 bridgehead atoms. The van der Waals surface area contributed by atoms with Gasteiger partial charge in [-0.15, -0.1) is 11.3 Å². The molecule has 0 aliphatic heterocycles. The third kappa shape index (κ3) is 3.72. The van der Waals surface area contributed by atoms with E-state index in [-0.39, 0.29) is 5.78 Å². The molecule has 0 N–H and O–H groups in total. The standard InChI is InChI=1S/C24H25N3O5S/c1-14-18-21(29)27(24(3,4)15(2)28)23(30)26(12-10-16-8-6-7-9-17(16)31-5)22(18)33-19(14)20-25-11-13-32-20/h6-9,11,13H,10,12H2,1-5H3. The van der Waals surface area contributed by atoms with Gasteiger partial charge in [0, 0.05) is 6.54 Å². The van der Waals surface area contributed by atoms with Crippen molar-refractivity contribution in [1.29, 1.82) is 0 Å². The van der Waals surface area contributed by atoms with Crippen LogP contribution in [0, 0.1) is 6.92 Å². The van der Waals surface area contributed by atoms with E-state index in [2.05, 4.69) is 4.98 Å². The second-order valence-electron chi connectivity index (χ2n) is 8.33. The van der Waals surface area contributed by atoms with Gasteiger partial charge >= 0.3 is 5.69 Å². The molecule has 4 rings (SSSR count). The van der Waals surface area contributed by atoms with Gasteiger partial charge in [0.2, 0.25) is 5.89 Å². The van der Waals surface area contributed by atoms with Crippen molar-refractivity contribution in [3.05, 3.63) is 68.7 Å². The molecule has 0 aliphatic rings. The molecule has 1 aromatic carbocycles. The minimum Gasteiger partial charge on any atom is -0.496 e. The number of oxazole rings is 1. The number of fused-ring (bicyclic) bond motifs is 1. The summed E-state index contributed by atoms with van der Waals surface area (Å²) in [6.07, 6.45) is 3.50. The van der Waals surface area contributed by atoms with Crippen LogP contribution in [0.5, 0.6) is 5.75 Å². The average molecular weight is 468 g/mol. The van der Waals surface area contributed by atoms with Crippen LogP contribution in [0.1, 0.15) is 31.9 Å². The molecule has 9 heteroatoms. The summed E-state index contributed by atoms with van der Waals surface area (Å²) in [6.45, 7) is 6.67. The van der Waals surface area contributed by atoms with E-state index < -0.39 is 16.8 Å². The van der Waals surface area contributed by atoms with Crippen LogP contribution < -0.4 is 16.0 Å². The Bertz CT molecular complexity index is 1460. The molecule has 0 fully saturated rings. The zero-order chi connectivity index (χ0) is 23.9. The predicted octanol–water partition coefficient (Wildman–Crippen LogP) is 3.76. The van der Waals surface area contributed by atoms with Crippen LogP contribution in [0.3, 0.4) is 0 Å². The number of ether oxygens (including phenoxy) is 1. The number of carbonyl (C=O) groups excluding carboxylic acids is 1. The van der Waals surface area contributed by atoms with Crippen molar-refractivity contribution in [2.75, 3.05) is 7.11 Å². The topological polar surface area (TPSA) is 96.3 Å². The van der Waals surface area contributed by atoms with Crippen molar-refractivity contribution in [2.24, 2.45) is 0 Å². The Balaban J connectivity index is 1.99. The second-order valence-corrected chi connectivity index (χ2v) is 9.32. The van der Waals surface area contributed by atoms with Gasteiger partial charge in [-0.2, -0.15) is 0 Å². The third-order valence-corrected chi connectivity index (χ3v) is 7.36. The number of nitrogens with zero attached hydrogens (tertiary/aromatic N) is 3. The highest BCUT2D eigenvalue weighted by atomic mass is 32.1. The highest BCUT2D eigenvalue weighted by Gasteiger charge is 2.33. The highest BCUT2D eigenvalue weighted by Crippen LogP contribution is 2.36. The van der Waals surface area contributed by atoms with Gasteiger partial charge in [0.1, 0.15) is 22.4 Å². The van der Waals surface area contributed by atoms with Crippen molar-refractivity contribution in [1.82, 2.24) is 14.1 Å². The lowest BCUT2D eigenvalue weighted by molar-refractivity contribution is -0.124. The number of Topliss-reactive ketones (excluding diaryl/α,β-unsaturated/α-hetero) is 1. The van der Waals surface area contributed by atoms with Gasteiger partial charge in [0.05, 0.1) is 23.6 Å². The van der Waals surface area contributed by atoms with Crippen molar-refractivity contribution >= 4 is 27.3 Å². The summed E-state index contributed by atoms with van der Waals surface area (Å²) in [7, 11) is 1.60. The number of benzene rings is 1. The summed E-state index contributed by atoms with van der Waals surface area (Å²) in [5.74, 6) is 0.828. The van der Waals surface area contributed by atoms with Crippen LogP contribution in [0.15, 0.2) is 50.7 Å². The summed E-state index contributed by atoms with van der Waals surface area (Å²) < 4.78 is 13.6. The predicted molar refractivity (Wildman–Crippen MR) is 127 cm³/mol. The van der Waals surface area contributed by atoms with Gasteiger partial charge in [0.15, 0.2) is 5.78 Å². The molecule has 0 radical (unpaired) electrons. The third-order valence-electron chi connectivity index (χ3n) is 6.06. The second kappa shape index (κ2) is 8.47. The van der Waals surface area contributed by atoms with Crippen LogP contribution >= 0.6 is 11.3 Å². The van der Waals surface area contributed by atoms with E-state index in [0.717, 1.165) is 15.9 Å². The molecule has 0 spiro atoms. The molecule has 3 aromatic heterocycles. The number of hydrogen-bond acceptors (Lipinski definition) is 7. The van der Waals surface area contributed by atoms with Crippen LogP contribution in [0.4, 0.5) is 0 Å². The van der Waals surface area contributed by atoms with E-state index in [1.807, 2.05) is 24.3 Å². The number of ketones is 1. The monoisotopic (exact) mass is 467 g/mol. The molecule has 0 unspecified atom stereocenters. The maximum absolute atomic E-state index is 13.6.